The van der Waals surface area contributed by atoms with Crippen LogP contribution in [0.2, 0.25) is 0 Å². The lowest BCUT2D eigenvalue weighted by Gasteiger charge is -2.22. The van der Waals surface area contributed by atoms with Crippen molar-refractivity contribution in [1.82, 2.24) is 5.32 Å². The fraction of sp³-hybridized carbons (Fsp3) is 0.923. The summed E-state index contributed by atoms with van der Waals surface area (Å²) in [7, 11) is 0. The molecule has 1 heterocycles. The molecule has 2 saturated carbocycles. The van der Waals surface area contributed by atoms with Crippen molar-refractivity contribution >= 4 is 16.9 Å². The molecule has 2 nitrogen and oxygen atoms in total. The number of fused-ring (bicyclic) bond motifs is 2. The highest BCUT2D eigenvalue weighted by atomic mass is 32.2. The van der Waals surface area contributed by atoms with E-state index in [0.29, 0.717) is 0 Å². The van der Waals surface area contributed by atoms with Crippen molar-refractivity contribution < 1.29 is 0 Å². The van der Waals surface area contributed by atoms with Gasteiger partial charge in [-0.25, -0.2) is 0 Å². The van der Waals surface area contributed by atoms with Gasteiger partial charge in [-0.3, -0.25) is 4.99 Å². The maximum Gasteiger partial charge on any atom is 0.156 e. The molecule has 0 spiro atoms. The van der Waals surface area contributed by atoms with Gasteiger partial charge >= 0.3 is 0 Å². The summed E-state index contributed by atoms with van der Waals surface area (Å²) in [5, 5.41) is 5.54. The molecule has 4 atom stereocenters. The first-order valence-electron chi connectivity index (χ1n) is 6.80. The predicted molar refractivity (Wildman–Crippen MR) is 70.9 cm³/mol. The molecule has 3 rings (SSSR count). The standard InChI is InChI=1S/C13H22N2S/c1-2-12-8-15-13(16-12)14-7-11-6-9-3-4-10(11)5-9/h9-12H,2-8H2,1H3,(H,14,15). The lowest BCUT2D eigenvalue weighted by molar-refractivity contribution is 0.333. The van der Waals surface area contributed by atoms with E-state index in [0.717, 1.165) is 29.5 Å². The number of nitrogens with zero attached hydrogens (tertiary/aromatic N) is 1. The molecule has 2 bridgehead atoms. The first-order valence-corrected chi connectivity index (χ1v) is 7.68. The number of aliphatic imine (C=N–C) groups is 1. The number of hydrogen-bond donors (Lipinski definition) is 1. The van der Waals surface area contributed by atoms with Crippen LogP contribution in [0.4, 0.5) is 0 Å². The summed E-state index contributed by atoms with van der Waals surface area (Å²) in [6, 6.07) is 0. The van der Waals surface area contributed by atoms with Gasteiger partial charge in [-0.15, -0.1) is 0 Å². The predicted octanol–water partition coefficient (Wildman–Crippen LogP) is 2.89. The minimum Gasteiger partial charge on any atom is -0.365 e. The Balaban J connectivity index is 1.44. The lowest BCUT2D eigenvalue weighted by Crippen LogP contribution is -2.29. The molecule has 1 N–H and O–H groups in total. The number of hydrogen-bond acceptors (Lipinski definition) is 3. The van der Waals surface area contributed by atoms with Crippen LogP contribution in [-0.4, -0.2) is 23.5 Å². The zero-order valence-corrected chi connectivity index (χ0v) is 10.9. The van der Waals surface area contributed by atoms with Crippen molar-refractivity contribution in [3.05, 3.63) is 0 Å². The van der Waals surface area contributed by atoms with Crippen molar-refractivity contribution in [2.24, 2.45) is 22.7 Å². The molecule has 16 heavy (non-hydrogen) atoms. The first kappa shape index (κ1) is 10.9. The van der Waals surface area contributed by atoms with Crippen LogP contribution in [0.25, 0.3) is 0 Å². The van der Waals surface area contributed by atoms with E-state index in [1.54, 1.807) is 0 Å². The van der Waals surface area contributed by atoms with Crippen molar-refractivity contribution in [3.63, 3.8) is 0 Å². The van der Waals surface area contributed by atoms with Gasteiger partial charge in [-0.1, -0.05) is 25.1 Å². The Morgan fingerprint density at radius 1 is 1.38 bits per heavy atom. The summed E-state index contributed by atoms with van der Waals surface area (Å²) in [6.07, 6.45) is 7.24. The van der Waals surface area contributed by atoms with E-state index in [4.69, 9.17) is 0 Å². The van der Waals surface area contributed by atoms with Crippen LogP contribution in [0.5, 0.6) is 0 Å². The second kappa shape index (κ2) is 4.59. The van der Waals surface area contributed by atoms with Gasteiger partial charge < -0.3 is 5.32 Å². The third-order valence-electron chi connectivity index (χ3n) is 4.57. The number of rotatable bonds is 3. The summed E-state index contributed by atoms with van der Waals surface area (Å²) in [5.74, 6) is 3.05. The van der Waals surface area contributed by atoms with Crippen molar-refractivity contribution in [2.75, 3.05) is 13.1 Å². The Bertz CT molecular complexity index is 290. The quantitative estimate of drug-likeness (QED) is 0.817. The molecular weight excluding hydrogens is 216 g/mol. The van der Waals surface area contributed by atoms with Gasteiger partial charge in [0.15, 0.2) is 5.17 Å². The maximum atomic E-state index is 4.58. The highest BCUT2D eigenvalue weighted by Crippen LogP contribution is 2.48. The fourth-order valence-corrected chi connectivity index (χ4v) is 4.52. The summed E-state index contributed by atoms with van der Waals surface area (Å²) >= 11 is 1.95. The molecule has 0 radical (unpaired) electrons. The molecule has 1 aliphatic heterocycles. The van der Waals surface area contributed by atoms with Crippen molar-refractivity contribution in [3.8, 4) is 0 Å². The molecule has 0 saturated heterocycles. The van der Waals surface area contributed by atoms with Crippen molar-refractivity contribution in [1.29, 1.82) is 0 Å². The number of nitrogens with one attached hydrogen (secondary N) is 1. The minimum absolute atomic E-state index is 0.738. The third-order valence-corrected chi connectivity index (χ3v) is 5.88. The second-order valence-corrected chi connectivity index (χ2v) is 6.90. The Kier molecular flexibility index (Phi) is 3.14. The van der Waals surface area contributed by atoms with Gasteiger partial charge in [0.05, 0.1) is 6.54 Å². The molecule has 3 aliphatic rings. The summed E-state index contributed by atoms with van der Waals surface area (Å²) in [4.78, 5) is 4.58. The smallest absolute Gasteiger partial charge is 0.156 e. The van der Waals surface area contributed by atoms with Gasteiger partial charge in [0.1, 0.15) is 0 Å². The number of thioether (sulfide) groups is 1. The SMILES string of the molecule is CCC1CN=C(NCC2CC3CCC2C3)S1. The van der Waals surface area contributed by atoms with Gasteiger partial charge in [0.25, 0.3) is 0 Å². The number of amidine groups is 1. The molecule has 0 amide bonds. The molecule has 90 valence electrons. The van der Waals surface area contributed by atoms with E-state index >= 15 is 0 Å². The molecule has 0 aromatic carbocycles. The van der Waals surface area contributed by atoms with Crippen LogP contribution in [0.3, 0.4) is 0 Å². The molecule has 2 aliphatic carbocycles. The van der Waals surface area contributed by atoms with Gasteiger partial charge in [-0.05, 0) is 43.4 Å². The second-order valence-electron chi connectivity index (χ2n) is 5.61. The molecule has 4 unspecified atom stereocenters. The van der Waals surface area contributed by atoms with Gasteiger partial charge in [0, 0.05) is 11.8 Å². The average Bonchev–Trinajstić information content (AvgIpc) is 3.02. The van der Waals surface area contributed by atoms with E-state index in [-0.39, 0.29) is 0 Å². The Morgan fingerprint density at radius 2 is 2.31 bits per heavy atom. The van der Waals surface area contributed by atoms with Gasteiger partial charge in [0.2, 0.25) is 0 Å². The van der Waals surface area contributed by atoms with E-state index in [1.165, 1.54) is 43.8 Å². The fourth-order valence-electron chi connectivity index (χ4n) is 3.57. The molecule has 2 fully saturated rings. The van der Waals surface area contributed by atoms with Gasteiger partial charge in [-0.2, -0.15) is 0 Å². The monoisotopic (exact) mass is 238 g/mol. The highest BCUT2D eigenvalue weighted by Gasteiger charge is 2.39. The van der Waals surface area contributed by atoms with E-state index in [9.17, 15) is 0 Å². The topological polar surface area (TPSA) is 24.4 Å². The molecular formula is C13H22N2S. The minimum atomic E-state index is 0.738. The summed E-state index contributed by atoms with van der Waals surface area (Å²) in [6.45, 7) is 4.47. The van der Waals surface area contributed by atoms with Crippen molar-refractivity contribution in [2.45, 2.75) is 44.3 Å². The maximum absolute atomic E-state index is 4.58. The normalized spacial score (nSPS) is 41.4. The van der Waals surface area contributed by atoms with Crippen LogP contribution < -0.4 is 5.32 Å². The van der Waals surface area contributed by atoms with E-state index in [2.05, 4.69) is 17.2 Å². The van der Waals surface area contributed by atoms with E-state index < -0.39 is 0 Å². The Morgan fingerprint density at radius 3 is 2.94 bits per heavy atom. The molecule has 3 heteroatoms. The van der Waals surface area contributed by atoms with Crippen LogP contribution >= 0.6 is 11.8 Å². The first-order chi connectivity index (χ1) is 7.85. The van der Waals surface area contributed by atoms with Crippen LogP contribution in [0.1, 0.15) is 39.0 Å². The lowest BCUT2D eigenvalue weighted by atomic mass is 9.89. The Labute approximate surface area is 103 Å². The van der Waals surface area contributed by atoms with Crippen LogP contribution in [0, 0.1) is 17.8 Å². The molecule has 0 aromatic heterocycles. The zero-order chi connectivity index (χ0) is 11.0. The summed E-state index contributed by atoms with van der Waals surface area (Å²) < 4.78 is 0. The third kappa shape index (κ3) is 2.11. The summed E-state index contributed by atoms with van der Waals surface area (Å²) in [5.41, 5.74) is 0. The zero-order valence-electron chi connectivity index (χ0n) is 10.1. The molecule has 0 aromatic rings. The van der Waals surface area contributed by atoms with Crippen LogP contribution in [0.15, 0.2) is 4.99 Å². The van der Waals surface area contributed by atoms with E-state index in [1.807, 2.05) is 11.8 Å². The Hall–Kier alpha value is -0.180. The largest absolute Gasteiger partial charge is 0.365 e. The van der Waals surface area contributed by atoms with Crippen LogP contribution in [-0.2, 0) is 0 Å². The average molecular weight is 238 g/mol. The highest BCUT2D eigenvalue weighted by molar-refractivity contribution is 8.14.